The van der Waals surface area contributed by atoms with Crippen molar-refractivity contribution < 1.29 is 9.90 Å². The van der Waals surface area contributed by atoms with Gasteiger partial charge in [0.25, 0.3) is 0 Å². The first-order valence-electron chi connectivity index (χ1n) is 10.6. The molecule has 3 rings (SSSR count). The zero-order chi connectivity index (χ0) is 20.6. The summed E-state index contributed by atoms with van der Waals surface area (Å²) in [6, 6.07) is 4.32. The van der Waals surface area contributed by atoms with Crippen LogP contribution in [0.15, 0.2) is 24.5 Å². The summed E-state index contributed by atoms with van der Waals surface area (Å²) in [5, 5.41) is 13.8. The Morgan fingerprint density at radius 3 is 2.68 bits per heavy atom. The average Bonchev–Trinajstić information content (AvgIpc) is 2.86. The third-order valence-corrected chi connectivity index (χ3v) is 7.45. The lowest BCUT2D eigenvalue weighted by atomic mass is 9.57. The first-order chi connectivity index (χ1) is 13.1. The maximum atomic E-state index is 12.6. The van der Waals surface area contributed by atoms with Gasteiger partial charge in [-0.3, -0.25) is 9.78 Å². The van der Waals surface area contributed by atoms with Crippen LogP contribution >= 0.6 is 0 Å². The number of aliphatic hydroxyl groups is 1. The number of nitrogens with zero attached hydrogens (tertiary/aromatic N) is 2. The van der Waals surface area contributed by atoms with Crippen LogP contribution in [-0.2, 0) is 11.3 Å². The lowest BCUT2D eigenvalue weighted by Gasteiger charge is -2.51. The van der Waals surface area contributed by atoms with Crippen LogP contribution in [0.3, 0.4) is 0 Å². The summed E-state index contributed by atoms with van der Waals surface area (Å²) in [6.45, 7) is 7.20. The second-order valence-corrected chi connectivity index (χ2v) is 10.3. The van der Waals surface area contributed by atoms with Crippen molar-refractivity contribution in [2.45, 2.75) is 77.5 Å². The maximum Gasteiger partial charge on any atom is 0.220 e. The zero-order valence-electron chi connectivity index (χ0n) is 18.2. The second kappa shape index (κ2) is 7.75. The molecule has 2 aliphatic rings. The van der Waals surface area contributed by atoms with E-state index >= 15 is 0 Å². The molecule has 28 heavy (non-hydrogen) atoms. The maximum absolute atomic E-state index is 12.6. The minimum Gasteiger partial charge on any atom is -0.390 e. The van der Waals surface area contributed by atoms with Gasteiger partial charge in [-0.05, 0) is 81.5 Å². The number of fused-ring (bicyclic) bond motifs is 1. The fraction of sp³-hybridized carbons (Fsp3) is 0.739. The molecule has 5 heteroatoms. The normalized spacial score (nSPS) is 34.2. The number of carbonyl (C=O) groups is 1. The van der Waals surface area contributed by atoms with Crippen molar-refractivity contribution in [2.24, 2.45) is 16.7 Å². The molecule has 0 saturated heterocycles. The molecular weight excluding hydrogens is 350 g/mol. The van der Waals surface area contributed by atoms with Crippen molar-refractivity contribution in [3.8, 4) is 0 Å². The Morgan fingerprint density at radius 2 is 2.04 bits per heavy atom. The van der Waals surface area contributed by atoms with E-state index in [1.54, 1.807) is 12.4 Å². The van der Waals surface area contributed by atoms with E-state index in [1.807, 2.05) is 19.1 Å². The van der Waals surface area contributed by atoms with Crippen LogP contribution in [0.25, 0.3) is 0 Å². The zero-order valence-corrected chi connectivity index (χ0v) is 18.2. The summed E-state index contributed by atoms with van der Waals surface area (Å²) >= 11 is 0. The van der Waals surface area contributed by atoms with Gasteiger partial charge in [-0.1, -0.05) is 19.9 Å². The van der Waals surface area contributed by atoms with Crippen molar-refractivity contribution in [2.75, 3.05) is 14.1 Å². The summed E-state index contributed by atoms with van der Waals surface area (Å²) in [5.74, 6) is 0.541. The van der Waals surface area contributed by atoms with Gasteiger partial charge in [-0.15, -0.1) is 0 Å². The van der Waals surface area contributed by atoms with Gasteiger partial charge in [0.15, 0.2) is 0 Å². The van der Waals surface area contributed by atoms with E-state index in [0.29, 0.717) is 24.9 Å². The number of rotatable bonds is 6. The van der Waals surface area contributed by atoms with Gasteiger partial charge in [0.2, 0.25) is 5.91 Å². The Hall–Kier alpha value is -1.46. The van der Waals surface area contributed by atoms with Crippen molar-refractivity contribution in [1.82, 2.24) is 15.2 Å². The fourth-order valence-electron chi connectivity index (χ4n) is 6.02. The number of amides is 1. The van der Waals surface area contributed by atoms with Crippen molar-refractivity contribution in [1.29, 1.82) is 0 Å². The van der Waals surface area contributed by atoms with Gasteiger partial charge < -0.3 is 15.3 Å². The Labute approximate surface area is 169 Å². The molecule has 0 aliphatic heterocycles. The molecule has 5 nitrogen and oxygen atoms in total. The van der Waals surface area contributed by atoms with Gasteiger partial charge in [-0.25, -0.2) is 0 Å². The SMILES string of the molecule is CN(C)[C@H]1CC(C)(C)[C@@H]2C[C@@](C)(O)CC[C@]12CCC(=O)NCc1cccnc1. The molecule has 1 heterocycles. The van der Waals surface area contributed by atoms with E-state index in [-0.39, 0.29) is 16.7 Å². The Morgan fingerprint density at radius 1 is 1.29 bits per heavy atom. The van der Waals surface area contributed by atoms with Crippen molar-refractivity contribution in [3.63, 3.8) is 0 Å². The molecule has 4 atom stereocenters. The van der Waals surface area contributed by atoms with Crippen molar-refractivity contribution >= 4 is 5.91 Å². The third-order valence-electron chi connectivity index (χ3n) is 7.45. The summed E-state index contributed by atoms with van der Waals surface area (Å²) < 4.78 is 0. The van der Waals surface area contributed by atoms with Gasteiger partial charge >= 0.3 is 0 Å². The third kappa shape index (κ3) is 4.25. The minimum absolute atomic E-state index is 0.0981. The topological polar surface area (TPSA) is 65.5 Å². The highest BCUT2D eigenvalue weighted by Gasteiger charge is 2.61. The van der Waals surface area contributed by atoms with Crippen molar-refractivity contribution in [3.05, 3.63) is 30.1 Å². The molecule has 0 bridgehead atoms. The smallest absolute Gasteiger partial charge is 0.220 e. The predicted octanol–water partition coefficient (Wildman–Crippen LogP) is 3.38. The largest absolute Gasteiger partial charge is 0.390 e. The molecule has 0 spiro atoms. The molecule has 2 fully saturated rings. The molecule has 1 aromatic rings. The van der Waals surface area contributed by atoms with Crippen LogP contribution in [0, 0.1) is 16.7 Å². The first kappa shape index (κ1) is 21.3. The minimum atomic E-state index is -0.588. The average molecular weight is 388 g/mol. The van der Waals surface area contributed by atoms with Crippen LogP contribution in [0.4, 0.5) is 0 Å². The fourth-order valence-corrected chi connectivity index (χ4v) is 6.02. The first-order valence-corrected chi connectivity index (χ1v) is 10.6. The van der Waals surface area contributed by atoms with Crippen LogP contribution in [-0.4, -0.2) is 46.6 Å². The van der Waals surface area contributed by atoms with Crippen LogP contribution in [0.5, 0.6) is 0 Å². The molecule has 156 valence electrons. The molecule has 0 aromatic carbocycles. The molecule has 2 aliphatic carbocycles. The standard InChI is InChI=1S/C23H37N3O2/c1-21(2)14-19(26(4)5)23(11-10-22(3,28)13-18(21)23)9-8-20(27)25-16-17-7-6-12-24-15-17/h6-7,12,15,18-19,28H,8-11,13-14,16H2,1-5H3,(H,25,27)/t18-,19-,22-,23-/m0/s1. The number of pyridine rings is 1. The summed E-state index contributed by atoms with van der Waals surface area (Å²) in [4.78, 5) is 19.1. The van der Waals surface area contributed by atoms with Crippen LogP contribution in [0.2, 0.25) is 0 Å². The molecule has 1 amide bonds. The second-order valence-electron chi connectivity index (χ2n) is 10.3. The highest BCUT2D eigenvalue weighted by molar-refractivity contribution is 5.75. The molecule has 0 unspecified atom stereocenters. The lowest BCUT2D eigenvalue weighted by molar-refractivity contribution is -0.124. The molecule has 0 radical (unpaired) electrons. The Balaban J connectivity index is 1.71. The Kier molecular flexibility index (Phi) is 5.88. The highest BCUT2D eigenvalue weighted by atomic mass is 16.3. The number of hydrogen-bond acceptors (Lipinski definition) is 4. The van der Waals surface area contributed by atoms with E-state index in [0.717, 1.165) is 37.7 Å². The molecule has 2 N–H and O–H groups in total. The Bertz CT molecular complexity index is 686. The number of nitrogens with one attached hydrogen (secondary N) is 1. The van der Waals surface area contributed by atoms with E-state index in [1.165, 1.54) is 0 Å². The molecule has 2 saturated carbocycles. The molecular formula is C23H37N3O2. The van der Waals surface area contributed by atoms with E-state index in [9.17, 15) is 9.90 Å². The van der Waals surface area contributed by atoms with Crippen LogP contribution in [0.1, 0.15) is 64.9 Å². The van der Waals surface area contributed by atoms with E-state index in [4.69, 9.17) is 0 Å². The van der Waals surface area contributed by atoms with Gasteiger partial charge in [0.1, 0.15) is 0 Å². The van der Waals surface area contributed by atoms with E-state index < -0.39 is 5.60 Å². The van der Waals surface area contributed by atoms with E-state index in [2.05, 4.69) is 43.1 Å². The molecule has 1 aromatic heterocycles. The lowest BCUT2D eigenvalue weighted by Crippen LogP contribution is -2.51. The monoisotopic (exact) mass is 387 g/mol. The highest BCUT2D eigenvalue weighted by Crippen LogP contribution is 2.64. The number of aromatic nitrogens is 1. The summed E-state index contributed by atoms with van der Waals surface area (Å²) in [6.07, 6.45) is 8.73. The van der Waals surface area contributed by atoms with Gasteiger partial charge in [0.05, 0.1) is 5.60 Å². The van der Waals surface area contributed by atoms with Gasteiger partial charge in [-0.2, -0.15) is 0 Å². The number of carbonyl (C=O) groups excluding carboxylic acids is 1. The summed E-state index contributed by atoms with van der Waals surface area (Å²) in [5.41, 5.74) is 0.704. The predicted molar refractivity (Wildman–Crippen MR) is 112 cm³/mol. The summed E-state index contributed by atoms with van der Waals surface area (Å²) in [7, 11) is 4.33. The van der Waals surface area contributed by atoms with Crippen LogP contribution < -0.4 is 5.32 Å². The quantitative estimate of drug-likeness (QED) is 0.785. The van der Waals surface area contributed by atoms with Gasteiger partial charge in [0, 0.05) is 31.4 Å². The number of hydrogen-bond donors (Lipinski definition) is 2.